The van der Waals surface area contributed by atoms with Crippen molar-refractivity contribution in [2.24, 2.45) is 40.2 Å². The van der Waals surface area contributed by atoms with Gasteiger partial charge in [-0.05, 0) is 62.7 Å². The quantitative estimate of drug-likeness (QED) is 0.112. The lowest BCUT2D eigenvalue weighted by atomic mass is 9.75. The number of nitrogens with one attached hydrogen (secondary N) is 3. The van der Waals surface area contributed by atoms with Crippen molar-refractivity contribution in [3.05, 3.63) is 0 Å². The van der Waals surface area contributed by atoms with E-state index in [0.717, 1.165) is 25.7 Å². The number of rotatable bonds is 16. The van der Waals surface area contributed by atoms with Gasteiger partial charge in [0.05, 0.1) is 12.6 Å². The lowest BCUT2D eigenvalue weighted by molar-refractivity contribution is -0.148. The zero-order valence-corrected chi connectivity index (χ0v) is 29.1. The van der Waals surface area contributed by atoms with Crippen molar-refractivity contribution in [3.8, 4) is 12.3 Å². The van der Waals surface area contributed by atoms with Crippen LogP contribution < -0.4 is 21.7 Å². The molecule has 0 bridgehead atoms. The number of urea groups is 1. The van der Waals surface area contributed by atoms with E-state index in [2.05, 4.69) is 21.9 Å². The molecule has 5 amide bonds. The minimum atomic E-state index is -1.14. The van der Waals surface area contributed by atoms with Crippen molar-refractivity contribution in [2.45, 2.75) is 124 Å². The summed E-state index contributed by atoms with van der Waals surface area (Å²) < 4.78 is 5.53. The minimum absolute atomic E-state index is 0.165. The van der Waals surface area contributed by atoms with Gasteiger partial charge in [-0.25, -0.2) is 9.59 Å². The smallest absolute Gasteiger partial charge is 0.328 e. The van der Waals surface area contributed by atoms with Gasteiger partial charge in [-0.15, -0.1) is 12.3 Å². The van der Waals surface area contributed by atoms with Gasteiger partial charge in [0.1, 0.15) is 18.1 Å². The molecule has 1 heterocycles. The summed E-state index contributed by atoms with van der Waals surface area (Å²) in [5.74, 6) is -0.954. The van der Waals surface area contributed by atoms with Gasteiger partial charge in [0, 0.05) is 17.9 Å². The first-order chi connectivity index (χ1) is 21.9. The predicted molar refractivity (Wildman–Crippen MR) is 176 cm³/mol. The summed E-state index contributed by atoms with van der Waals surface area (Å²) in [6, 6.07) is -4.86. The summed E-state index contributed by atoms with van der Waals surface area (Å²) in [4.78, 5) is 80.9. The summed E-state index contributed by atoms with van der Waals surface area (Å²) in [7, 11) is 0. The SMILES string of the molecule is C#CC(C)(C)[C@H]1CCN(C(=O)[C@@H](NC(=O)N[C@H](C(=O)OCC2CC2)C(CC)CC)C(C)(C)C)[C@@H]1C(=O)NC(CC1CC1)C(=O)C(N)=O. The van der Waals surface area contributed by atoms with Crippen molar-refractivity contribution in [1.29, 1.82) is 0 Å². The second kappa shape index (κ2) is 15.5. The molecule has 0 aromatic rings. The van der Waals surface area contributed by atoms with Gasteiger partial charge in [-0.1, -0.05) is 60.3 Å². The average Bonchev–Trinajstić information content (AvgIpc) is 3.95. The number of likely N-dealkylation sites (tertiary alicyclic amines) is 1. The van der Waals surface area contributed by atoms with Crippen LogP contribution in [-0.4, -0.2) is 77.7 Å². The molecule has 3 fully saturated rings. The Balaban J connectivity index is 1.86. The standard InChI is InChI=1S/C35H55N5O7/c1-9-22(10-2)25(32(45)47-19-21-14-15-21)38-33(46)39-28(34(4,5)6)31(44)40-17-16-23(35(7,8)11-3)26(40)30(43)37-24(18-20-12-13-20)27(41)29(36)42/h3,20-26,28H,9-10,12-19H2,1-2,4-8H3,(H2,36,42)(H,37,43)(H2,38,39,46)/t23-,24?,25-,26-,28+/m0/s1. The van der Waals surface area contributed by atoms with Crippen LogP contribution in [0.4, 0.5) is 4.79 Å². The molecule has 12 heteroatoms. The topological polar surface area (TPSA) is 177 Å². The largest absolute Gasteiger partial charge is 0.464 e. The fourth-order valence-corrected chi connectivity index (χ4v) is 6.41. The highest BCUT2D eigenvalue weighted by atomic mass is 16.5. The van der Waals surface area contributed by atoms with Gasteiger partial charge in [-0.3, -0.25) is 19.2 Å². The molecule has 5 atom stereocenters. The lowest BCUT2D eigenvalue weighted by Crippen LogP contribution is -2.62. The molecule has 1 aliphatic heterocycles. The number of amides is 5. The van der Waals surface area contributed by atoms with Crippen LogP contribution in [0.25, 0.3) is 0 Å². The van der Waals surface area contributed by atoms with Gasteiger partial charge in [-0.2, -0.15) is 0 Å². The van der Waals surface area contributed by atoms with Crippen LogP contribution in [0, 0.1) is 46.8 Å². The Kier molecular flexibility index (Phi) is 12.5. The number of Topliss-reactive ketones (excluding diaryl/α,β-unsaturated/α-hetero) is 1. The van der Waals surface area contributed by atoms with Crippen LogP contribution in [-0.2, 0) is 28.7 Å². The molecule has 3 aliphatic rings. The van der Waals surface area contributed by atoms with E-state index in [-0.39, 0.29) is 24.8 Å². The van der Waals surface area contributed by atoms with E-state index in [0.29, 0.717) is 31.8 Å². The molecule has 0 spiro atoms. The summed E-state index contributed by atoms with van der Waals surface area (Å²) in [6.07, 6.45) is 11.7. The number of nitrogens with two attached hydrogens (primary N) is 1. The summed E-state index contributed by atoms with van der Waals surface area (Å²) in [5, 5.41) is 8.30. The summed E-state index contributed by atoms with van der Waals surface area (Å²) in [5.41, 5.74) is 3.70. The summed E-state index contributed by atoms with van der Waals surface area (Å²) >= 11 is 0. The molecule has 47 heavy (non-hydrogen) atoms. The zero-order chi connectivity index (χ0) is 35.3. The molecule has 0 radical (unpaired) electrons. The van der Waals surface area contributed by atoms with Crippen molar-refractivity contribution < 1.29 is 33.5 Å². The molecule has 1 saturated heterocycles. The number of hydrogen-bond acceptors (Lipinski definition) is 7. The maximum absolute atomic E-state index is 14.4. The second-order valence-electron chi connectivity index (χ2n) is 15.3. The first kappa shape index (κ1) is 37.8. The van der Waals surface area contributed by atoms with Crippen LogP contribution in [0.1, 0.15) is 99.8 Å². The Morgan fingerprint density at radius 1 is 0.915 bits per heavy atom. The number of carbonyl (C=O) groups is 6. The van der Waals surface area contributed by atoms with Crippen molar-refractivity contribution in [2.75, 3.05) is 13.2 Å². The fraction of sp³-hybridized carbons (Fsp3) is 0.771. The Morgan fingerprint density at radius 2 is 1.51 bits per heavy atom. The first-order valence-corrected chi connectivity index (χ1v) is 17.1. The number of terminal acetylenes is 1. The van der Waals surface area contributed by atoms with Crippen molar-refractivity contribution >= 4 is 35.5 Å². The molecular weight excluding hydrogens is 602 g/mol. The molecule has 1 unspecified atom stereocenters. The van der Waals surface area contributed by atoms with Gasteiger partial charge < -0.3 is 31.3 Å². The highest BCUT2D eigenvalue weighted by Crippen LogP contribution is 2.40. The van der Waals surface area contributed by atoms with E-state index in [4.69, 9.17) is 16.9 Å². The molecule has 3 rings (SSSR count). The number of primary amides is 1. The van der Waals surface area contributed by atoms with Crippen LogP contribution in [0.15, 0.2) is 0 Å². The molecule has 262 valence electrons. The normalized spacial score (nSPS) is 21.6. The second-order valence-corrected chi connectivity index (χ2v) is 15.3. The molecule has 0 aromatic heterocycles. The Bertz CT molecular complexity index is 1240. The average molecular weight is 658 g/mol. The number of esters is 1. The van der Waals surface area contributed by atoms with Gasteiger partial charge >= 0.3 is 12.0 Å². The van der Waals surface area contributed by atoms with E-state index in [1.54, 1.807) is 20.8 Å². The van der Waals surface area contributed by atoms with Crippen LogP contribution in [0.2, 0.25) is 0 Å². The van der Waals surface area contributed by atoms with Crippen molar-refractivity contribution in [1.82, 2.24) is 20.9 Å². The molecule has 0 aromatic carbocycles. The highest BCUT2D eigenvalue weighted by Gasteiger charge is 2.51. The van der Waals surface area contributed by atoms with Crippen LogP contribution >= 0.6 is 0 Å². The maximum atomic E-state index is 14.4. The lowest BCUT2D eigenvalue weighted by Gasteiger charge is -2.38. The molecular formula is C35H55N5O7. The highest BCUT2D eigenvalue weighted by molar-refractivity contribution is 6.37. The van der Waals surface area contributed by atoms with Gasteiger partial charge in [0.2, 0.25) is 17.6 Å². The van der Waals surface area contributed by atoms with Gasteiger partial charge in [0.25, 0.3) is 5.91 Å². The molecule has 12 nitrogen and oxygen atoms in total. The van der Waals surface area contributed by atoms with Crippen LogP contribution in [0.3, 0.4) is 0 Å². The monoisotopic (exact) mass is 657 g/mol. The summed E-state index contributed by atoms with van der Waals surface area (Å²) in [6.45, 7) is 13.4. The Hall–Kier alpha value is -3.62. The van der Waals surface area contributed by atoms with E-state index in [9.17, 15) is 28.8 Å². The van der Waals surface area contributed by atoms with E-state index in [1.807, 2.05) is 27.7 Å². The molecule has 2 saturated carbocycles. The number of ether oxygens (including phenoxy) is 1. The number of nitrogens with zero attached hydrogens (tertiary/aromatic N) is 1. The minimum Gasteiger partial charge on any atom is -0.464 e. The number of hydrogen-bond donors (Lipinski definition) is 4. The van der Waals surface area contributed by atoms with Gasteiger partial charge in [0.15, 0.2) is 0 Å². The van der Waals surface area contributed by atoms with Crippen molar-refractivity contribution in [3.63, 3.8) is 0 Å². The zero-order valence-electron chi connectivity index (χ0n) is 29.1. The third-order valence-electron chi connectivity index (χ3n) is 10.00. The Labute approximate surface area is 279 Å². The number of carbonyl (C=O) groups excluding carboxylic acids is 6. The third kappa shape index (κ3) is 9.94. The van der Waals surface area contributed by atoms with E-state index >= 15 is 0 Å². The predicted octanol–water partition coefficient (Wildman–Crippen LogP) is 2.67. The maximum Gasteiger partial charge on any atom is 0.328 e. The molecule has 5 N–H and O–H groups in total. The third-order valence-corrected chi connectivity index (χ3v) is 10.00. The fourth-order valence-electron chi connectivity index (χ4n) is 6.41. The number of ketones is 1. The Morgan fingerprint density at radius 3 is 2.00 bits per heavy atom. The first-order valence-electron chi connectivity index (χ1n) is 17.1. The molecule has 2 aliphatic carbocycles. The van der Waals surface area contributed by atoms with E-state index < -0.39 is 76.4 Å². The van der Waals surface area contributed by atoms with E-state index in [1.165, 1.54) is 4.90 Å². The van der Waals surface area contributed by atoms with Crippen LogP contribution in [0.5, 0.6) is 0 Å².